The molecule has 0 spiro atoms. The van der Waals surface area contributed by atoms with Gasteiger partial charge in [0.05, 0.1) is 17.9 Å². The van der Waals surface area contributed by atoms with E-state index < -0.39 is 0 Å². The van der Waals surface area contributed by atoms with Crippen LogP contribution in [0, 0.1) is 5.92 Å². The summed E-state index contributed by atoms with van der Waals surface area (Å²) in [6, 6.07) is 10.6. The zero-order valence-corrected chi connectivity index (χ0v) is 20.3. The topological polar surface area (TPSA) is 55.3 Å². The number of thiophene rings is 1. The molecule has 1 atom stereocenters. The molecule has 1 fully saturated rings. The number of carbonyl (C=O) groups excluding carboxylic acids is 1. The molecule has 0 radical (unpaired) electrons. The van der Waals surface area contributed by atoms with Crippen molar-refractivity contribution in [3.63, 3.8) is 0 Å². The summed E-state index contributed by atoms with van der Waals surface area (Å²) in [5, 5.41) is 1.25. The van der Waals surface area contributed by atoms with Gasteiger partial charge >= 0.3 is 5.97 Å². The molecule has 1 aromatic carbocycles. The van der Waals surface area contributed by atoms with Crippen LogP contribution < -0.4 is 4.90 Å². The molecule has 0 amide bonds. The van der Waals surface area contributed by atoms with Gasteiger partial charge < -0.3 is 9.64 Å². The molecule has 33 heavy (non-hydrogen) atoms. The molecule has 1 saturated heterocycles. The third kappa shape index (κ3) is 4.91. The van der Waals surface area contributed by atoms with E-state index in [1.54, 1.807) is 0 Å². The highest BCUT2D eigenvalue weighted by molar-refractivity contribution is 7.19. The highest BCUT2D eigenvalue weighted by atomic mass is 32.1. The van der Waals surface area contributed by atoms with E-state index in [1.807, 2.05) is 18.3 Å². The fraction of sp³-hybridized carbons (Fsp3) is 0.519. The van der Waals surface area contributed by atoms with Crippen LogP contribution in [0.4, 0.5) is 5.82 Å². The van der Waals surface area contributed by atoms with Crippen LogP contribution in [0.25, 0.3) is 10.2 Å². The largest absolute Gasteiger partial charge is 0.466 e. The molecule has 3 heterocycles. The number of esters is 1. The number of hydrogen-bond donors (Lipinski definition) is 0. The van der Waals surface area contributed by atoms with Crippen LogP contribution in [0.3, 0.4) is 0 Å². The lowest BCUT2D eigenvalue weighted by Gasteiger charge is -2.33. The minimum absolute atomic E-state index is 0.0686. The van der Waals surface area contributed by atoms with Crippen molar-refractivity contribution in [2.24, 2.45) is 5.92 Å². The molecule has 1 aliphatic heterocycles. The minimum atomic E-state index is -0.0753. The van der Waals surface area contributed by atoms with Crippen molar-refractivity contribution < 1.29 is 9.53 Å². The monoisotopic (exact) mass is 463 g/mol. The fourth-order valence-corrected chi connectivity index (χ4v) is 6.50. The van der Waals surface area contributed by atoms with Crippen LogP contribution in [0.15, 0.2) is 30.3 Å². The average molecular weight is 464 g/mol. The fourth-order valence-electron chi connectivity index (χ4n) is 5.22. The van der Waals surface area contributed by atoms with E-state index in [4.69, 9.17) is 14.7 Å². The lowest BCUT2D eigenvalue weighted by Crippen LogP contribution is -2.40. The zero-order valence-electron chi connectivity index (χ0n) is 19.5. The maximum Gasteiger partial charge on any atom is 0.310 e. The van der Waals surface area contributed by atoms with Crippen molar-refractivity contribution in [2.75, 3.05) is 24.6 Å². The van der Waals surface area contributed by atoms with Crippen molar-refractivity contribution in [1.82, 2.24) is 9.97 Å². The molecule has 0 bridgehead atoms. The first-order valence-electron chi connectivity index (χ1n) is 12.5. The SMILES string of the molecule is CCOC(=O)[C@@H]1CCCN(c2nc(CCc3ccccc3)nc3sc4c(c23)CCCCC4)C1. The van der Waals surface area contributed by atoms with Crippen molar-refractivity contribution in [3.8, 4) is 0 Å². The molecule has 5 rings (SSSR count). The Morgan fingerprint density at radius 2 is 1.94 bits per heavy atom. The first-order valence-corrected chi connectivity index (χ1v) is 13.3. The van der Waals surface area contributed by atoms with Crippen LogP contribution in [0.2, 0.25) is 0 Å². The second kappa shape index (κ2) is 10.2. The molecule has 174 valence electrons. The molecule has 2 aliphatic rings. The first kappa shape index (κ1) is 22.3. The highest BCUT2D eigenvalue weighted by Crippen LogP contribution is 2.40. The molecular weight excluding hydrogens is 430 g/mol. The standard InChI is InChI=1S/C27H33N3O2S/c1-2-32-27(31)20-12-9-17-30(18-20)25-24-21-13-7-4-8-14-22(21)33-26(24)29-23(28-25)16-15-19-10-5-3-6-11-19/h3,5-6,10-11,20H,2,4,7-9,12-18H2,1H3/t20-/m1/s1. The molecule has 2 aromatic heterocycles. The van der Waals surface area contributed by atoms with Gasteiger partial charge in [0, 0.05) is 24.4 Å². The van der Waals surface area contributed by atoms with Gasteiger partial charge in [-0.2, -0.15) is 0 Å². The second-order valence-corrected chi connectivity index (χ2v) is 10.3. The predicted octanol–water partition coefficient (Wildman–Crippen LogP) is 5.52. The third-order valence-corrected chi connectivity index (χ3v) is 8.10. The number of ether oxygens (including phenoxy) is 1. The van der Waals surface area contributed by atoms with Crippen molar-refractivity contribution in [2.45, 2.75) is 64.7 Å². The summed E-state index contributed by atoms with van der Waals surface area (Å²) in [5.41, 5.74) is 2.78. The normalized spacial score (nSPS) is 18.7. The molecule has 5 nitrogen and oxygen atoms in total. The molecule has 1 aliphatic carbocycles. The summed E-state index contributed by atoms with van der Waals surface area (Å²) in [7, 11) is 0. The molecule has 0 N–H and O–H groups in total. The highest BCUT2D eigenvalue weighted by Gasteiger charge is 2.30. The van der Waals surface area contributed by atoms with E-state index in [-0.39, 0.29) is 11.9 Å². The Bertz CT molecular complexity index is 1110. The third-order valence-electron chi connectivity index (χ3n) is 6.91. The maximum atomic E-state index is 12.5. The Morgan fingerprint density at radius 3 is 2.79 bits per heavy atom. The predicted molar refractivity (Wildman–Crippen MR) is 134 cm³/mol. The summed E-state index contributed by atoms with van der Waals surface area (Å²) >= 11 is 1.87. The second-order valence-electron chi connectivity index (χ2n) is 9.23. The Morgan fingerprint density at radius 1 is 1.09 bits per heavy atom. The van der Waals surface area contributed by atoms with Crippen LogP contribution >= 0.6 is 11.3 Å². The van der Waals surface area contributed by atoms with Crippen molar-refractivity contribution >= 4 is 33.3 Å². The van der Waals surface area contributed by atoms with E-state index in [0.717, 1.165) is 61.5 Å². The van der Waals surface area contributed by atoms with Crippen LogP contribution in [-0.4, -0.2) is 35.6 Å². The van der Waals surface area contributed by atoms with Crippen molar-refractivity contribution in [3.05, 3.63) is 52.2 Å². The molecule has 0 unspecified atom stereocenters. The molecular formula is C27H33N3O2S. The number of aryl methyl sites for hydroxylation is 4. The van der Waals surface area contributed by atoms with Gasteiger partial charge in [0.2, 0.25) is 0 Å². The summed E-state index contributed by atoms with van der Waals surface area (Å²) < 4.78 is 5.36. The summed E-state index contributed by atoms with van der Waals surface area (Å²) in [6.07, 6.45) is 9.70. The van der Waals surface area contributed by atoms with E-state index in [1.165, 1.54) is 40.7 Å². The number of piperidine rings is 1. The number of nitrogens with zero attached hydrogens (tertiary/aromatic N) is 3. The van der Waals surface area contributed by atoms with Gasteiger partial charge in [-0.05, 0) is 63.0 Å². The zero-order chi connectivity index (χ0) is 22.6. The van der Waals surface area contributed by atoms with Crippen LogP contribution in [0.5, 0.6) is 0 Å². The van der Waals surface area contributed by atoms with E-state index in [9.17, 15) is 4.79 Å². The maximum absolute atomic E-state index is 12.5. The van der Waals surface area contributed by atoms with Gasteiger partial charge in [-0.25, -0.2) is 9.97 Å². The van der Waals surface area contributed by atoms with E-state index in [2.05, 4.69) is 35.2 Å². The smallest absolute Gasteiger partial charge is 0.310 e. The van der Waals surface area contributed by atoms with Gasteiger partial charge in [0.15, 0.2) is 0 Å². The summed E-state index contributed by atoms with van der Waals surface area (Å²) in [5.74, 6) is 1.82. The van der Waals surface area contributed by atoms with Crippen LogP contribution in [-0.2, 0) is 35.2 Å². The lowest BCUT2D eigenvalue weighted by molar-refractivity contribution is -0.148. The number of anilines is 1. The van der Waals surface area contributed by atoms with Gasteiger partial charge in [-0.15, -0.1) is 11.3 Å². The molecule has 0 saturated carbocycles. The molecule has 6 heteroatoms. The lowest BCUT2D eigenvalue weighted by atomic mass is 9.97. The minimum Gasteiger partial charge on any atom is -0.466 e. The summed E-state index contributed by atoms with van der Waals surface area (Å²) in [6.45, 7) is 3.94. The Kier molecular flexibility index (Phi) is 6.91. The Balaban J connectivity index is 1.51. The van der Waals surface area contributed by atoms with E-state index >= 15 is 0 Å². The first-order chi connectivity index (χ1) is 16.2. The Labute approximate surface area is 200 Å². The number of hydrogen-bond acceptors (Lipinski definition) is 6. The Hall–Kier alpha value is -2.47. The number of carbonyl (C=O) groups is 1. The van der Waals surface area contributed by atoms with Gasteiger partial charge in [0.1, 0.15) is 16.5 Å². The van der Waals surface area contributed by atoms with Gasteiger partial charge in [-0.3, -0.25) is 4.79 Å². The van der Waals surface area contributed by atoms with Crippen LogP contribution in [0.1, 0.15) is 60.9 Å². The van der Waals surface area contributed by atoms with E-state index in [0.29, 0.717) is 13.2 Å². The van der Waals surface area contributed by atoms with Gasteiger partial charge in [-0.1, -0.05) is 36.8 Å². The summed E-state index contributed by atoms with van der Waals surface area (Å²) in [4.78, 5) is 27.7. The number of rotatable bonds is 6. The van der Waals surface area contributed by atoms with Crippen molar-refractivity contribution in [1.29, 1.82) is 0 Å². The number of aromatic nitrogens is 2. The molecule has 3 aromatic rings. The number of fused-ring (bicyclic) bond motifs is 3. The number of benzene rings is 1. The quantitative estimate of drug-likeness (QED) is 0.356. The van der Waals surface area contributed by atoms with Gasteiger partial charge in [0.25, 0.3) is 0 Å². The average Bonchev–Trinajstić information content (AvgIpc) is 3.03.